The van der Waals surface area contributed by atoms with E-state index in [9.17, 15) is 0 Å². The molecule has 0 aliphatic rings. The summed E-state index contributed by atoms with van der Waals surface area (Å²) in [5, 5.41) is 3.40. The molecule has 0 radical (unpaired) electrons. The second-order valence-electron chi connectivity index (χ2n) is 3.42. The van der Waals surface area contributed by atoms with Crippen molar-refractivity contribution in [3.05, 3.63) is 0 Å². The summed E-state index contributed by atoms with van der Waals surface area (Å²) in [4.78, 5) is 0. The summed E-state index contributed by atoms with van der Waals surface area (Å²) in [5.41, 5.74) is 0. The topological polar surface area (TPSA) is 21.3 Å². The maximum Gasteiger partial charge on any atom is 0.0478 e. The molecule has 0 heterocycles. The second kappa shape index (κ2) is 11.9. The Kier molecular flexibility index (Phi) is 11.8. The van der Waals surface area contributed by atoms with Crippen LogP contribution in [0.1, 0.15) is 46.0 Å². The van der Waals surface area contributed by atoms with Crippen LogP contribution < -0.4 is 5.32 Å². The minimum atomic E-state index is 0.916. The van der Waals surface area contributed by atoms with Crippen LogP contribution in [-0.4, -0.2) is 26.3 Å². The number of ether oxygens (including phenoxy) is 1. The third-order valence-electron chi connectivity index (χ3n) is 1.99. The van der Waals surface area contributed by atoms with Gasteiger partial charge in [-0.05, 0) is 32.4 Å². The van der Waals surface area contributed by atoms with E-state index in [-0.39, 0.29) is 0 Å². The lowest BCUT2D eigenvalue weighted by atomic mass is 10.3. The van der Waals surface area contributed by atoms with E-state index in [4.69, 9.17) is 4.74 Å². The van der Waals surface area contributed by atoms with Crippen LogP contribution in [0.25, 0.3) is 0 Å². The van der Waals surface area contributed by atoms with E-state index in [0.717, 1.165) is 32.7 Å². The molecular formula is C11H25NO. The molecule has 0 spiro atoms. The van der Waals surface area contributed by atoms with Gasteiger partial charge in [-0.2, -0.15) is 0 Å². The number of unbranched alkanes of at least 4 members (excludes halogenated alkanes) is 2. The molecule has 80 valence electrons. The summed E-state index contributed by atoms with van der Waals surface area (Å²) >= 11 is 0. The van der Waals surface area contributed by atoms with Crippen LogP contribution in [0.3, 0.4) is 0 Å². The molecule has 0 bridgehead atoms. The average molecular weight is 187 g/mol. The Morgan fingerprint density at radius 2 is 1.46 bits per heavy atom. The molecule has 0 rings (SSSR count). The standard InChI is InChI=1S/C11H25NO/c1-3-5-8-12-9-7-11-13-10-6-4-2/h12H,3-11H2,1-2H3. The summed E-state index contributed by atoms with van der Waals surface area (Å²) < 4.78 is 5.44. The van der Waals surface area contributed by atoms with E-state index >= 15 is 0 Å². The lowest BCUT2D eigenvalue weighted by Crippen LogP contribution is -2.18. The van der Waals surface area contributed by atoms with Crippen LogP contribution >= 0.6 is 0 Å². The lowest BCUT2D eigenvalue weighted by molar-refractivity contribution is 0.129. The first kappa shape index (κ1) is 12.9. The molecule has 0 aromatic rings. The fourth-order valence-electron chi connectivity index (χ4n) is 1.07. The molecular weight excluding hydrogens is 162 g/mol. The van der Waals surface area contributed by atoms with Crippen molar-refractivity contribution in [2.24, 2.45) is 0 Å². The molecule has 0 saturated heterocycles. The van der Waals surface area contributed by atoms with Crippen LogP contribution in [0.2, 0.25) is 0 Å². The van der Waals surface area contributed by atoms with Gasteiger partial charge < -0.3 is 10.1 Å². The summed E-state index contributed by atoms with van der Waals surface area (Å²) in [6.07, 6.45) is 6.14. The smallest absolute Gasteiger partial charge is 0.0478 e. The predicted octanol–water partition coefficient (Wildman–Crippen LogP) is 2.58. The van der Waals surface area contributed by atoms with Crippen molar-refractivity contribution in [2.75, 3.05) is 26.3 Å². The van der Waals surface area contributed by atoms with Crippen LogP contribution in [0.15, 0.2) is 0 Å². The van der Waals surface area contributed by atoms with Crippen molar-refractivity contribution in [1.29, 1.82) is 0 Å². The molecule has 0 fully saturated rings. The third-order valence-corrected chi connectivity index (χ3v) is 1.99. The van der Waals surface area contributed by atoms with Crippen LogP contribution in [-0.2, 0) is 4.74 Å². The number of hydrogen-bond donors (Lipinski definition) is 1. The Morgan fingerprint density at radius 1 is 0.846 bits per heavy atom. The van der Waals surface area contributed by atoms with E-state index in [0.29, 0.717) is 0 Å². The molecule has 0 saturated carbocycles. The quantitative estimate of drug-likeness (QED) is 0.531. The molecule has 0 aliphatic carbocycles. The van der Waals surface area contributed by atoms with Crippen molar-refractivity contribution < 1.29 is 4.74 Å². The van der Waals surface area contributed by atoms with Gasteiger partial charge in [0, 0.05) is 13.2 Å². The SMILES string of the molecule is CCCCNCCCOCCCC. The van der Waals surface area contributed by atoms with E-state index in [1.165, 1.54) is 25.7 Å². The summed E-state index contributed by atoms with van der Waals surface area (Å²) in [5.74, 6) is 0. The van der Waals surface area contributed by atoms with Gasteiger partial charge in [0.05, 0.1) is 0 Å². The van der Waals surface area contributed by atoms with Crippen molar-refractivity contribution in [1.82, 2.24) is 5.32 Å². The monoisotopic (exact) mass is 187 g/mol. The minimum Gasteiger partial charge on any atom is -0.381 e. The van der Waals surface area contributed by atoms with Crippen molar-refractivity contribution in [3.63, 3.8) is 0 Å². The minimum absolute atomic E-state index is 0.916. The predicted molar refractivity (Wildman–Crippen MR) is 58.1 cm³/mol. The van der Waals surface area contributed by atoms with E-state index in [2.05, 4.69) is 19.2 Å². The van der Waals surface area contributed by atoms with Gasteiger partial charge in [0.1, 0.15) is 0 Å². The summed E-state index contributed by atoms with van der Waals surface area (Å²) in [6, 6.07) is 0. The Balaban J connectivity index is 2.76. The maximum atomic E-state index is 5.44. The van der Waals surface area contributed by atoms with E-state index in [1.807, 2.05) is 0 Å². The first-order valence-electron chi connectivity index (χ1n) is 5.70. The van der Waals surface area contributed by atoms with Gasteiger partial charge in [-0.1, -0.05) is 26.7 Å². The van der Waals surface area contributed by atoms with Gasteiger partial charge in [-0.25, -0.2) is 0 Å². The lowest BCUT2D eigenvalue weighted by Gasteiger charge is -2.04. The molecule has 13 heavy (non-hydrogen) atoms. The van der Waals surface area contributed by atoms with Gasteiger partial charge in [0.15, 0.2) is 0 Å². The van der Waals surface area contributed by atoms with Crippen LogP contribution in [0.5, 0.6) is 0 Å². The summed E-state index contributed by atoms with van der Waals surface area (Å²) in [7, 11) is 0. The second-order valence-corrected chi connectivity index (χ2v) is 3.42. The molecule has 0 aliphatic heterocycles. The molecule has 1 N–H and O–H groups in total. The van der Waals surface area contributed by atoms with Crippen molar-refractivity contribution in [2.45, 2.75) is 46.0 Å². The van der Waals surface area contributed by atoms with Gasteiger partial charge in [-0.15, -0.1) is 0 Å². The number of nitrogens with one attached hydrogen (secondary N) is 1. The highest BCUT2D eigenvalue weighted by molar-refractivity contribution is 4.46. The Bertz CT molecular complexity index is 76.2. The first-order chi connectivity index (χ1) is 6.41. The van der Waals surface area contributed by atoms with Crippen LogP contribution in [0.4, 0.5) is 0 Å². The van der Waals surface area contributed by atoms with Gasteiger partial charge in [-0.3, -0.25) is 0 Å². The molecule has 2 nitrogen and oxygen atoms in total. The van der Waals surface area contributed by atoms with E-state index in [1.54, 1.807) is 0 Å². The highest BCUT2D eigenvalue weighted by atomic mass is 16.5. The zero-order valence-corrected chi connectivity index (χ0v) is 9.27. The highest BCUT2D eigenvalue weighted by Crippen LogP contribution is 1.89. The van der Waals surface area contributed by atoms with Gasteiger partial charge in [0.2, 0.25) is 0 Å². The molecule has 0 atom stereocenters. The molecule has 0 amide bonds. The van der Waals surface area contributed by atoms with E-state index < -0.39 is 0 Å². The Morgan fingerprint density at radius 3 is 2.15 bits per heavy atom. The molecule has 0 unspecified atom stereocenters. The van der Waals surface area contributed by atoms with Crippen LogP contribution in [0, 0.1) is 0 Å². The zero-order chi connectivity index (χ0) is 9.78. The Hall–Kier alpha value is -0.0800. The van der Waals surface area contributed by atoms with Gasteiger partial charge >= 0.3 is 0 Å². The first-order valence-corrected chi connectivity index (χ1v) is 5.70. The normalized spacial score (nSPS) is 10.6. The number of rotatable bonds is 10. The van der Waals surface area contributed by atoms with Crippen molar-refractivity contribution >= 4 is 0 Å². The fraction of sp³-hybridized carbons (Fsp3) is 1.00. The third kappa shape index (κ3) is 11.9. The van der Waals surface area contributed by atoms with Gasteiger partial charge in [0.25, 0.3) is 0 Å². The zero-order valence-electron chi connectivity index (χ0n) is 9.27. The fourth-order valence-corrected chi connectivity index (χ4v) is 1.07. The molecule has 0 aromatic heterocycles. The number of hydrogen-bond acceptors (Lipinski definition) is 2. The Labute approximate surface area is 83.1 Å². The maximum absolute atomic E-state index is 5.44. The molecule has 2 heteroatoms. The average Bonchev–Trinajstić information content (AvgIpc) is 2.16. The largest absolute Gasteiger partial charge is 0.381 e. The summed E-state index contributed by atoms with van der Waals surface area (Å²) in [6.45, 7) is 8.52. The van der Waals surface area contributed by atoms with Crippen molar-refractivity contribution in [3.8, 4) is 0 Å². The molecule has 0 aromatic carbocycles. The highest BCUT2D eigenvalue weighted by Gasteiger charge is 1.89.